The smallest absolute Gasteiger partial charge is 0.264 e. The summed E-state index contributed by atoms with van der Waals surface area (Å²) in [6.07, 6.45) is 6.72. The molecular formula is C18H26N2O2S. The highest BCUT2D eigenvalue weighted by molar-refractivity contribution is 7.12. The van der Waals surface area contributed by atoms with Gasteiger partial charge in [-0.2, -0.15) is 0 Å². The maximum absolute atomic E-state index is 12.7. The van der Waals surface area contributed by atoms with E-state index in [9.17, 15) is 9.59 Å². The van der Waals surface area contributed by atoms with Gasteiger partial charge in [-0.25, -0.2) is 0 Å². The fourth-order valence-corrected chi connectivity index (χ4v) is 4.50. The number of thiophene rings is 1. The van der Waals surface area contributed by atoms with Crippen molar-refractivity contribution in [3.63, 3.8) is 0 Å². The van der Waals surface area contributed by atoms with Crippen molar-refractivity contribution < 1.29 is 9.59 Å². The molecule has 23 heavy (non-hydrogen) atoms. The summed E-state index contributed by atoms with van der Waals surface area (Å²) in [5.41, 5.74) is 0.678. The Morgan fingerprint density at radius 3 is 2.09 bits per heavy atom. The van der Waals surface area contributed by atoms with Crippen molar-refractivity contribution in [3.8, 4) is 0 Å². The highest BCUT2D eigenvalue weighted by Crippen LogP contribution is 2.25. The van der Waals surface area contributed by atoms with E-state index >= 15 is 0 Å². The van der Waals surface area contributed by atoms with Gasteiger partial charge in [0.05, 0.1) is 10.4 Å². The van der Waals surface area contributed by atoms with E-state index in [4.69, 9.17) is 0 Å². The van der Waals surface area contributed by atoms with Crippen LogP contribution in [0.5, 0.6) is 0 Å². The number of hydrogen-bond donors (Lipinski definition) is 0. The molecule has 3 heterocycles. The van der Waals surface area contributed by atoms with Crippen LogP contribution in [0.3, 0.4) is 0 Å². The highest BCUT2D eigenvalue weighted by atomic mass is 32.1. The van der Waals surface area contributed by atoms with Gasteiger partial charge in [-0.05, 0) is 58.4 Å². The average molecular weight is 334 g/mol. The van der Waals surface area contributed by atoms with Gasteiger partial charge in [0, 0.05) is 30.6 Å². The minimum absolute atomic E-state index is 0.0826. The summed E-state index contributed by atoms with van der Waals surface area (Å²) >= 11 is 1.41. The summed E-state index contributed by atoms with van der Waals surface area (Å²) in [6.45, 7) is 5.91. The molecule has 0 spiro atoms. The molecule has 2 aliphatic heterocycles. The fraction of sp³-hybridized carbons (Fsp3) is 0.667. The lowest BCUT2D eigenvalue weighted by molar-refractivity contribution is 0.0636. The topological polar surface area (TPSA) is 40.6 Å². The summed E-state index contributed by atoms with van der Waals surface area (Å²) in [5.74, 6) is 0.173. The molecule has 4 nitrogen and oxygen atoms in total. The number of piperidine rings is 2. The molecular weight excluding hydrogens is 308 g/mol. The van der Waals surface area contributed by atoms with E-state index in [1.165, 1.54) is 24.2 Å². The van der Waals surface area contributed by atoms with Gasteiger partial charge in [-0.15, -0.1) is 11.3 Å². The second-order valence-corrected chi connectivity index (χ2v) is 7.80. The van der Waals surface area contributed by atoms with Crippen LogP contribution < -0.4 is 0 Å². The molecule has 2 aliphatic rings. The first-order chi connectivity index (χ1) is 11.1. The van der Waals surface area contributed by atoms with Gasteiger partial charge in [0.1, 0.15) is 0 Å². The number of carbonyl (C=O) groups is 2. The first-order valence-electron chi connectivity index (χ1n) is 8.78. The lowest BCUT2D eigenvalue weighted by Gasteiger charge is -2.33. The summed E-state index contributed by atoms with van der Waals surface area (Å²) in [7, 11) is 0. The summed E-state index contributed by atoms with van der Waals surface area (Å²) in [4.78, 5) is 30.0. The number of amides is 2. The van der Waals surface area contributed by atoms with Crippen molar-refractivity contribution in [2.24, 2.45) is 0 Å². The molecule has 3 rings (SSSR count). The van der Waals surface area contributed by atoms with Crippen LogP contribution in [0.2, 0.25) is 0 Å². The van der Waals surface area contributed by atoms with Crippen LogP contribution in [0.15, 0.2) is 11.4 Å². The second kappa shape index (κ2) is 7.04. The minimum Gasteiger partial charge on any atom is -0.336 e. The molecule has 0 saturated carbocycles. The molecule has 0 N–H and O–H groups in total. The Labute approximate surface area is 142 Å². The van der Waals surface area contributed by atoms with Crippen molar-refractivity contribution in [1.29, 1.82) is 0 Å². The number of rotatable bonds is 2. The van der Waals surface area contributed by atoms with Gasteiger partial charge >= 0.3 is 0 Å². The Bertz CT molecular complexity index is 535. The van der Waals surface area contributed by atoms with E-state index in [1.54, 1.807) is 6.07 Å². The van der Waals surface area contributed by atoms with Crippen LogP contribution in [-0.4, -0.2) is 46.8 Å². The summed E-state index contributed by atoms with van der Waals surface area (Å²) in [5, 5.41) is 1.85. The predicted octanol–water partition coefficient (Wildman–Crippen LogP) is 3.78. The van der Waals surface area contributed by atoms with Crippen molar-refractivity contribution in [2.75, 3.05) is 13.1 Å². The second-order valence-electron chi connectivity index (χ2n) is 6.89. The Kier molecular flexibility index (Phi) is 5.05. The molecule has 0 aliphatic carbocycles. The Morgan fingerprint density at radius 1 is 0.957 bits per heavy atom. The van der Waals surface area contributed by atoms with E-state index in [-0.39, 0.29) is 11.8 Å². The van der Waals surface area contributed by atoms with Crippen molar-refractivity contribution in [1.82, 2.24) is 9.80 Å². The first-order valence-corrected chi connectivity index (χ1v) is 9.66. The van der Waals surface area contributed by atoms with Crippen LogP contribution in [0, 0.1) is 0 Å². The number of nitrogens with zero attached hydrogens (tertiary/aromatic N) is 2. The molecule has 126 valence electrons. The monoisotopic (exact) mass is 334 g/mol. The van der Waals surface area contributed by atoms with Crippen LogP contribution >= 0.6 is 11.3 Å². The third kappa shape index (κ3) is 3.44. The molecule has 2 unspecified atom stereocenters. The van der Waals surface area contributed by atoms with Crippen molar-refractivity contribution >= 4 is 23.2 Å². The molecule has 1 aromatic heterocycles. The van der Waals surface area contributed by atoms with Crippen molar-refractivity contribution in [3.05, 3.63) is 21.9 Å². The fourth-order valence-electron chi connectivity index (χ4n) is 3.67. The van der Waals surface area contributed by atoms with Crippen LogP contribution in [0.25, 0.3) is 0 Å². The third-order valence-electron chi connectivity index (χ3n) is 5.18. The Morgan fingerprint density at radius 2 is 1.52 bits per heavy atom. The summed E-state index contributed by atoms with van der Waals surface area (Å²) < 4.78 is 0. The van der Waals surface area contributed by atoms with Gasteiger partial charge in [0.2, 0.25) is 0 Å². The zero-order valence-electron chi connectivity index (χ0n) is 14.1. The van der Waals surface area contributed by atoms with Gasteiger partial charge in [0.15, 0.2) is 0 Å². The Hall–Kier alpha value is -1.36. The number of hydrogen-bond acceptors (Lipinski definition) is 3. The molecule has 0 radical (unpaired) electrons. The largest absolute Gasteiger partial charge is 0.336 e. The van der Waals surface area contributed by atoms with Crippen LogP contribution in [0.1, 0.15) is 72.4 Å². The predicted molar refractivity (Wildman–Crippen MR) is 93.0 cm³/mol. The molecule has 5 heteroatoms. The van der Waals surface area contributed by atoms with Crippen molar-refractivity contribution in [2.45, 2.75) is 64.5 Å². The van der Waals surface area contributed by atoms with E-state index in [1.807, 2.05) is 15.2 Å². The lowest BCUT2D eigenvalue weighted by Crippen LogP contribution is -2.42. The van der Waals surface area contributed by atoms with E-state index in [2.05, 4.69) is 13.8 Å². The third-order valence-corrected chi connectivity index (χ3v) is 6.10. The van der Waals surface area contributed by atoms with Gasteiger partial charge in [-0.3, -0.25) is 9.59 Å². The zero-order valence-corrected chi connectivity index (χ0v) is 14.9. The van der Waals surface area contributed by atoms with Crippen LogP contribution in [0.4, 0.5) is 0 Å². The van der Waals surface area contributed by atoms with E-state index in [0.29, 0.717) is 22.5 Å². The minimum atomic E-state index is 0.0826. The molecule has 2 amide bonds. The normalized spacial score (nSPS) is 25.5. The van der Waals surface area contributed by atoms with Crippen LogP contribution in [-0.2, 0) is 0 Å². The molecule has 0 bridgehead atoms. The first kappa shape index (κ1) is 16.5. The molecule has 2 atom stereocenters. The highest BCUT2D eigenvalue weighted by Gasteiger charge is 2.28. The SMILES string of the molecule is CC1CCCCN1C(=O)c1csc(C(=O)N2CCCCC2C)c1. The lowest BCUT2D eigenvalue weighted by atomic mass is 10.0. The summed E-state index contributed by atoms with van der Waals surface area (Å²) in [6, 6.07) is 2.41. The molecule has 2 fully saturated rings. The number of likely N-dealkylation sites (tertiary alicyclic amines) is 2. The molecule has 0 aromatic carbocycles. The molecule has 1 aromatic rings. The standard InChI is InChI=1S/C18H26N2O2S/c1-13-7-3-5-9-19(13)17(21)15-11-16(23-12-15)18(22)20-10-6-4-8-14(20)2/h11-14H,3-10H2,1-2H3. The van der Waals surface area contributed by atoms with E-state index in [0.717, 1.165) is 38.8 Å². The maximum atomic E-state index is 12.7. The maximum Gasteiger partial charge on any atom is 0.264 e. The average Bonchev–Trinajstić information content (AvgIpc) is 3.04. The van der Waals surface area contributed by atoms with Gasteiger partial charge < -0.3 is 9.80 Å². The van der Waals surface area contributed by atoms with Gasteiger partial charge in [0.25, 0.3) is 11.8 Å². The Balaban J connectivity index is 1.72. The molecule has 2 saturated heterocycles. The quantitative estimate of drug-likeness (QED) is 0.826. The number of carbonyl (C=O) groups excluding carboxylic acids is 2. The zero-order chi connectivity index (χ0) is 16.4. The van der Waals surface area contributed by atoms with Gasteiger partial charge in [-0.1, -0.05) is 0 Å². The van der Waals surface area contributed by atoms with E-state index < -0.39 is 0 Å².